The van der Waals surface area contributed by atoms with Gasteiger partial charge >= 0.3 is 11.9 Å². The number of carbonyl (C=O) groups excluding carboxylic acids is 3. The lowest BCUT2D eigenvalue weighted by Gasteiger charge is -2.26. The molecule has 0 radical (unpaired) electrons. The number of nitrogens with zero attached hydrogens (tertiary/aromatic N) is 1. The lowest BCUT2D eigenvalue weighted by molar-refractivity contribution is -0.870. The van der Waals surface area contributed by atoms with Crippen LogP contribution in [0.4, 0.5) is 0 Å². The molecule has 0 saturated heterocycles. The molecule has 0 amide bonds. The van der Waals surface area contributed by atoms with Gasteiger partial charge in [-0.3, -0.25) is 9.59 Å². The summed E-state index contributed by atoms with van der Waals surface area (Å²) in [6, 6.07) is 0. The summed E-state index contributed by atoms with van der Waals surface area (Å²) in [6.45, 7) is 4.49. The Morgan fingerprint density at radius 3 is 1.48 bits per heavy atom. The number of hydrogen-bond donors (Lipinski definition) is 0. The van der Waals surface area contributed by atoms with Crippen molar-refractivity contribution in [3.8, 4) is 0 Å². The maximum atomic E-state index is 12.7. The number of carbonyl (C=O) groups is 3. The van der Waals surface area contributed by atoms with Crippen LogP contribution in [0, 0.1) is 0 Å². The van der Waals surface area contributed by atoms with Crippen molar-refractivity contribution in [3.05, 3.63) is 97.2 Å². The largest absolute Gasteiger partial charge is 0.545 e. The zero-order valence-electron chi connectivity index (χ0n) is 38.3. The van der Waals surface area contributed by atoms with Crippen molar-refractivity contribution in [1.29, 1.82) is 0 Å². The Labute approximate surface area is 365 Å². The average molecular weight is 838 g/mol. The smallest absolute Gasteiger partial charge is 0.306 e. The van der Waals surface area contributed by atoms with Gasteiger partial charge in [-0.2, -0.15) is 0 Å². The van der Waals surface area contributed by atoms with Crippen LogP contribution in [-0.4, -0.2) is 82.3 Å². The third-order valence-electron chi connectivity index (χ3n) is 9.07. The minimum absolute atomic E-state index is 0.130. The Bertz CT molecular complexity index is 1300. The van der Waals surface area contributed by atoms with Crippen molar-refractivity contribution in [2.75, 3.05) is 47.5 Å². The van der Waals surface area contributed by atoms with Gasteiger partial charge in [-0.1, -0.05) is 143 Å². The number of quaternary nitrogens is 1. The first-order valence-corrected chi connectivity index (χ1v) is 22.9. The van der Waals surface area contributed by atoms with E-state index in [1.807, 2.05) is 27.2 Å². The molecule has 0 saturated carbocycles. The van der Waals surface area contributed by atoms with Crippen LogP contribution in [0.15, 0.2) is 97.2 Å². The Kier molecular flexibility index (Phi) is 39.3. The molecular weight excluding hydrogens is 755 g/mol. The highest BCUT2D eigenvalue weighted by atomic mass is 16.7. The van der Waals surface area contributed by atoms with E-state index in [0.29, 0.717) is 30.3 Å². The molecular formula is C51H83NO8. The van der Waals surface area contributed by atoms with Gasteiger partial charge in [0.2, 0.25) is 0 Å². The summed E-state index contributed by atoms with van der Waals surface area (Å²) in [5, 5.41) is 11.7. The highest BCUT2D eigenvalue weighted by Crippen LogP contribution is 2.11. The molecule has 2 unspecified atom stereocenters. The molecule has 0 bridgehead atoms. The topological polar surface area (TPSA) is 111 Å². The fourth-order valence-corrected chi connectivity index (χ4v) is 5.52. The predicted octanol–water partition coefficient (Wildman–Crippen LogP) is 10.9. The summed E-state index contributed by atoms with van der Waals surface area (Å²) < 4.78 is 22.4. The van der Waals surface area contributed by atoms with E-state index < -0.39 is 30.3 Å². The maximum Gasteiger partial charge on any atom is 0.306 e. The molecule has 0 aliphatic carbocycles. The molecule has 0 N–H and O–H groups in total. The molecule has 0 aromatic heterocycles. The average Bonchev–Trinajstić information content (AvgIpc) is 3.21. The Balaban J connectivity index is 4.55. The minimum Gasteiger partial charge on any atom is -0.545 e. The van der Waals surface area contributed by atoms with Crippen molar-refractivity contribution in [1.82, 2.24) is 0 Å². The van der Waals surface area contributed by atoms with E-state index in [-0.39, 0.29) is 32.7 Å². The fraction of sp³-hybridized carbons (Fsp3) is 0.627. The van der Waals surface area contributed by atoms with Gasteiger partial charge in [-0.15, -0.1) is 0 Å². The quantitative estimate of drug-likeness (QED) is 0.0197. The molecule has 9 heteroatoms. The summed E-state index contributed by atoms with van der Waals surface area (Å²) >= 11 is 0. The number of hydrogen-bond acceptors (Lipinski definition) is 8. The number of aliphatic carboxylic acids is 1. The first-order chi connectivity index (χ1) is 29.1. The van der Waals surface area contributed by atoms with E-state index in [2.05, 4.69) is 105 Å². The maximum absolute atomic E-state index is 12.7. The van der Waals surface area contributed by atoms with Crippen LogP contribution < -0.4 is 5.11 Å². The third kappa shape index (κ3) is 42.3. The van der Waals surface area contributed by atoms with E-state index in [1.54, 1.807) is 0 Å². The highest BCUT2D eigenvalue weighted by molar-refractivity contribution is 5.70. The summed E-state index contributed by atoms with van der Waals surface area (Å²) in [4.78, 5) is 36.9. The van der Waals surface area contributed by atoms with Crippen molar-refractivity contribution in [2.45, 2.75) is 161 Å². The van der Waals surface area contributed by atoms with Gasteiger partial charge in [0.15, 0.2) is 12.4 Å². The Hall–Kier alpha value is -3.79. The summed E-state index contributed by atoms with van der Waals surface area (Å²) in [5.74, 6) is -2.40. The number of esters is 2. The first-order valence-electron chi connectivity index (χ1n) is 22.9. The van der Waals surface area contributed by atoms with Gasteiger partial charge in [0.25, 0.3) is 0 Å². The molecule has 0 fully saturated rings. The molecule has 0 aliphatic rings. The molecule has 60 heavy (non-hydrogen) atoms. The highest BCUT2D eigenvalue weighted by Gasteiger charge is 2.21. The molecule has 0 aromatic carbocycles. The van der Waals surface area contributed by atoms with Crippen molar-refractivity contribution < 1.29 is 42.9 Å². The normalized spacial score (nSPS) is 13.8. The summed E-state index contributed by atoms with van der Waals surface area (Å²) in [6.07, 6.45) is 51.6. The van der Waals surface area contributed by atoms with E-state index in [9.17, 15) is 19.5 Å². The van der Waals surface area contributed by atoms with Gasteiger partial charge in [-0.25, -0.2) is 0 Å². The van der Waals surface area contributed by atoms with Crippen LogP contribution in [-0.2, 0) is 33.3 Å². The Morgan fingerprint density at radius 1 is 0.517 bits per heavy atom. The number of ether oxygens (including phenoxy) is 4. The molecule has 0 heterocycles. The monoisotopic (exact) mass is 838 g/mol. The summed E-state index contributed by atoms with van der Waals surface area (Å²) in [7, 11) is 5.87. The zero-order chi connectivity index (χ0) is 44.2. The Morgan fingerprint density at radius 2 is 0.967 bits per heavy atom. The number of carboxylic acids is 1. The van der Waals surface area contributed by atoms with Crippen LogP contribution in [0.25, 0.3) is 0 Å². The van der Waals surface area contributed by atoms with E-state index >= 15 is 0 Å². The third-order valence-corrected chi connectivity index (χ3v) is 9.07. The molecule has 0 rings (SSSR count). The van der Waals surface area contributed by atoms with Gasteiger partial charge in [0, 0.05) is 12.8 Å². The van der Waals surface area contributed by atoms with Crippen molar-refractivity contribution >= 4 is 17.9 Å². The van der Waals surface area contributed by atoms with Crippen molar-refractivity contribution in [3.63, 3.8) is 0 Å². The van der Waals surface area contributed by atoms with Crippen LogP contribution in [0.2, 0.25) is 0 Å². The van der Waals surface area contributed by atoms with E-state index in [4.69, 9.17) is 18.9 Å². The lowest BCUT2D eigenvalue weighted by Crippen LogP contribution is -2.44. The van der Waals surface area contributed by atoms with E-state index in [0.717, 1.165) is 83.5 Å². The number of likely N-dealkylation sites (N-methyl/N-ethyl adjacent to an activating group) is 1. The number of unbranched alkanes of at least 4 members (excludes halogenated alkanes) is 9. The standard InChI is InChI=1S/C51H83NO8/c1-6-8-10-12-14-16-18-20-21-22-23-24-25-26-27-28-29-30-32-34-36-38-40-42-49(54)60-47(46-59-51(50(55)56)57-44-43-52(3,4)5)45-58-48(53)41-39-37-35-33-31-19-17-15-13-11-9-7-2/h8,10,14-17,20-21,23-24,26-27,29-30,34,36,47,51H,6-7,9,11-13,18-19,22,25,28,31-33,35,37-46H2,1-5H3/b10-8-,16-14-,17-15-,21-20-,24-23-,27-26-,30-29-,36-34-. The second-order valence-corrected chi connectivity index (χ2v) is 16.0. The number of rotatable bonds is 40. The van der Waals surface area contributed by atoms with Crippen LogP contribution in [0.5, 0.6) is 0 Å². The van der Waals surface area contributed by atoms with Crippen LogP contribution in [0.1, 0.15) is 149 Å². The van der Waals surface area contributed by atoms with E-state index in [1.165, 1.54) is 19.3 Å². The second-order valence-electron chi connectivity index (χ2n) is 16.0. The molecule has 2 atom stereocenters. The van der Waals surface area contributed by atoms with Gasteiger partial charge in [0.1, 0.15) is 13.2 Å². The fourth-order valence-electron chi connectivity index (χ4n) is 5.52. The summed E-state index contributed by atoms with van der Waals surface area (Å²) in [5.41, 5.74) is 0. The molecule has 0 spiro atoms. The molecule has 0 aromatic rings. The minimum atomic E-state index is -1.64. The number of allylic oxidation sites excluding steroid dienone is 16. The zero-order valence-corrected chi connectivity index (χ0v) is 38.3. The van der Waals surface area contributed by atoms with Gasteiger partial charge < -0.3 is 33.3 Å². The lowest BCUT2D eigenvalue weighted by atomic mass is 10.1. The van der Waals surface area contributed by atoms with Crippen molar-refractivity contribution in [2.24, 2.45) is 0 Å². The molecule has 0 aliphatic heterocycles. The van der Waals surface area contributed by atoms with Crippen LogP contribution >= 0.6 is 0 Å². The van der Waals surface area contributed by atoms with Gasteiger partial charge in [0.05, 0.1) is 40.3 Å². The molecule has 340 valence electrons. The molecule has 9 nitrogen and oxygen atoms in total. The number of carboxylic acid groups (broad SMARTS) is 1. The van der Waals surface area contributed by atoms with Gasteiger partial charge in [-0.05, 0) is 89.9 Å². The second kappa shape index (κ2) is 41.9. The predicted molar refractivity (Wildman–Crippen MR) is 246 cm³/mol. The van der Waals surface area contributed by atoms with Crippen LogP contribution in [0.3, 0.4) is 0 Å². The first kappa shape index (κ1) is 56.2. The SMILES string of the molecule is CC/C=C\C/C=C\C/C=C\C/C=C\C/C=C\C/C=C\C/C=C\CCCC(=O)OC(COC(=O)CCCCCCC/C=C\CCCCC)COC(OCC[N+](C)(C)C)C(=O)[O-].